The Kier molecular flexibility index (Phi) is 5.46. The Bertz CT molecular complexity index is 908. The SMILES string of the molecule is O=C([C@H]1CCCC[C@@H]1C(=O)N1CCc2ccccc21)N1CCN(c2nccs2)CC1. The fraction of sp³-hybridized carbons (Fsp3) is 0.522. The molecule has 7 heteroatoms. The first-order valence-electron chi connectivity index (χ1n) is 11.0. The molecule has 2 aliphatic heterocycles. The van der Waals surface area contributed by atoms with Crippen LogP contribution in [0.4, 0.5) is 10.8 Å². The molecule has 2 amide bonds. The summed E-state index contributed by atoms with van der Waals surface area (Å²) in [5.41, 5.74) is 2.28. The Balaban J connectivity index is 1.27. The Morgan fingerprint density at radius 2 is 1.67 bits per heavy atom. The average molecular weight is 425 g/mol. The molecular weight excluding hydrogens is 396 g/mol. The maximum Gasteiger partial charge on any atom is 0.230 e. The molecule has 3 heterocycles. The number of carbonyl (C=O) groups is 2. The highest BCUT2D eigenvalue weighted by atomic mass is 32.1. The third kappa shape index (κ3) is 3.60. The first-order valence-corrected chi connectivity index (χ1v) is 11.9. The molecule has 0 N–H and O–H groups in total. The summed E-state index contributed by atoms with van der Waals surface area (Å²) in [6.07, 6.45) is 6.46. The van der Waals surface area contributed by atoms with Gasteiger partial charge in [0, 0.05) is 55.9 Å². The number of hydrogen-bond acceptors (Lipinski definition) is 5. The van der Waals surface area contributed by atoms with E-state index in [1.165, 1.54) is 5.56 Å². The second kappa shape index (κ2) is 8.38. The summed E-state index contributed by atoms with van der Waals surface area (Å²) in [6, 6.07) is 8.17. The third-order valence-corrected chi connectivity index (χ3v) is 7.67. The van der Waals surface area contributed by atoms with E-state index >= 15 is 0 Å². The van der Waals surface area contributed by atoms with Crippen molar-refractivity contribution in [1.29, 1.82) is 0 Å². The molecular formula is C23H28N4O2S. The van der Waals surface area contributed by atoms with Crippen molar-refractivity contribution in [3.05, 3.63) is 41.4 Å². The molecule has 0 spiro atoms. The molecule has 1 aromatic heterocycles. The summed E-state index contributed by atoms with van der Waals surface area (Å²) < 4.78 is 0. The maximum absolute atomic E-state index is 13.5. The molecule has 1 aromatic carbocycles. The van der Waals surface area contributed by atoms with Gasteiger partial charge >= 0.3 is 0 Å². The Morgan fingerprint density at radius 3 is 2.40 bits per heavy atom. The fourth-order valence-corrected chi connectivity index (χ4v) is 5.91. The molecule has 3 aliphatic rings. The molecule has 2 fully saturated rings. The van der Waals surface area contributed by atoms with Gasteiger partial charge in [-0.1, -0.05) is 31.0 Å². The van der Waals surface area contributed by atoms with Crippen LogP contribution in [0, 0.1) is 11.8 Å². The van der Waals surface area contributed by atoms with Crippen molar-refractivity contribution in [2.45, 2.75) is 32.1 Å². The number of hydrogen-bond donors (Lipinski definition) is 0. The highest BCUT2D eigenvalue weighted by molar-refractivity contribution is 7.13. The lowest BCUT2D eigenvalue weighted by Gasteiger charge is -2.39. The van der Waals surface area contributed by atoms with Crippen molar-refractivity contribution >= 4 is 34.0 Å². The van der Waals surface area contributed by atoms with Gasteiger partial charge in [-0.3, -0.25) is 9.59 Å². The van der Waals surface area contributed by atoms with E-state index in [9.17, 15) is 9.59 Å². The van der Waals surface area contributed by atoms with Crippen LogP contribution in [0.5, 0.6) is 0 Å². The van der Waals surface area contributed by atoms with Crippen LogP contribution in [0.25, 0.3) is 0 Å². The van der Waals surface area contributed by atoms with Gasteiger partial charge in [0.05, 0.1) is 5.92 Å². The van der Waals surface area contributed by atoms with Crippen molar-refractivity contribution < 1.29 is 9.59 Å². The van der Waals surface area contributed by atoms with E-state index in [2.05, 4.69) is 16.0 Å². The lowest BCUT2D eigenvalue weighted by molar-refractivity contribution is -0.143. The minimum atomic E-state index is -0.186. The zero-order valence-corrected chi connectivity index (χ0v) is 18.0. The van der Waals surface area contributed by atoms with Crippen LogP contribution in [0.3, 0.4) is 0 Å². The Hall–Kier alpha value is -2.41. The summed E-state index contributed by atoms with van der Waals surface area (Å²) in [6.45, 7) is 3.78. The minimum Gasteiger partial charge on any atom is -0.345 e. The van der Waals surface area contributed by atoms with Gasteiger partial charge in [0.15, 0.2) is 5.13 Å². The topological polar surface area (TPSA) is 56.8 Å². The average Bonchev–Trinajstić information content (AvgIpc) is 3.49. The largest absolute Gasteiger partial charge is 0.345 e. The number of para-hydroxylation sites is 1. The highest BCUT2D eigenvalue weighted by Gasteiger charge is 2.41. The molecule has 1 aliphatic carbocycles. The zero-order valence-electron chi connectivity index (χ0n) is 17.2. The number of thiazole rings is 1. The second-order valence-electron chi connectivity index (χ2n) is 8.49. The van der Waals surface area contributed by atoms with Crippen LogP contribution in [0.1, 0.15) is 31.2 Å². The van der Waals surface area contributed by atoms with Crippen LogP contribution in [-0.4, -0.2) is 54.4 Å². The lowest BCUT2D eigenvalue weighted by atomic mass is 9.77. The fourth-order valence-electron chi connectivity index (χ4n) is 5.21. The number of aromatic nitrogens is 1. The first-order chi connectivity index (χ1) is 14.7. The van der Waals surface area contributed by atoms with Gasteiger partial charge in [-0.15, -0.1) is 11.3 Å². The molecule has 5 rings (SSSR count). The predicted molar refractivity (Wildman–Crippen MR) is 119 cm³/mol. The van der Waals surface area contributed by atoms with Gasteiger partial charge in [-0.05, 0) is 30.9 Å². The van der Waals surface area contributed by atoms with E-state index in [1.807, 2.05) is 39.6 Å². The Labute approximate surface area is 181 Å². The predicted octanol–water partition coefficient (Wildman–Crippen LogP) is 3.19. The molecule has 1 saturated carbocycles. The monoisotopic (exact) mass is 424 g/mol. The summed E-state index contributed by atoms with van der Waals surface area (Å²) >= 11 is 1.64. The number of benzene rings is 1. The van der Waals surface area contributed by atoms with E-state index in [0.717, 1.165) is 62.6 Å². The van der Waals surface area contributed by atoms with Crippen LogP contribution < -0.4 is 9.80 Å². The van der Waals surface area contributed by atoms with E-state index in [4.69, 9.17) is 0 Å². The number of piperazine rings is 1. The van der Waals surface area contributed by atoms with Crippen molar-refractivity contribution in [1.82, 2.24) is 9.88 Å². The summed E-state index contributed by atoms with van der Waals surface area (Å²) in [4.78, 5) is 37.5. The summed E-state index contributed by atoms with van der Waals surface area (Å²) in [5, 5.41) is 3.02. The van der Waals surface area contributed by atoms with E-state index in [0.29, 0.717) is 13.1 Å². The van der Waals surface area contributed by atoms with E-state index < -0.39 is 0 Å². The first kappa shape index (κ1) is 19.5. The maximum atomic E-state index is 13.5. The van der Waals surface area contributed by atoms with Crippen LogP contribution >= 0.6 is 11.3 Å². The van der Waals surface area contributed by atoms with Crippen LogP contribution in [0.15, 0.2) is 35.8 Å². The molecule has 2 atom stereocenters. The van der Waals surface area contributed by atoms with Gasteiger partial charge in [-0.2, -0.15) is 0 Å². The molecule has 158 valence electrons. The quantitative estimate of drug-likeness (QED) is 0.759. The van der Waals surface area contributed by atoms with E-state index in [1.54, 1.807) is 11.3 Å². The van der Waals surface area contributed by atoms with Gasteiger partial charge in [0.2, 0.25) is 11.8 Å². The van der Waals surface area contributed by atoms with E-state index in [-0.39, 0.29) is 23.7 Å². The number of nitrogens with zero attached hydrogens (tertiary/aromatic N) is 4. The molecule has 2 aromatic rings. The molecule has 6 nitrogen and oxygen atoms in total. The van der Waals surface area contributed by atoms with Gasteiger partial charge < -0.3 is 14.7 Å². The summed E-state index contributed by atoms with van der Waals surface area (Å²) in [7, 11) is 0. The zero-order chi connectivity index (χ0) is 20.5. The van der Waals surface area contributed by atoms with Crippen LogP contribution in [0.2, 0.25) is 0 Å². The molecule has 30 heavy (non-hydrogen) atoms. The summed E-state index contributed by atoms with van der Waals surface area (Å²) in [5.74, 6) is -0.0291. The van der Waals surface area contributed by atoms with Crippen molar-refractivity contribution in [2.24, 2.45) is 11.8 Å². The van der Waals surface area contributed by atoms with Crippen molar-refractivity contribution in [2.75, 3.05) is 42.5 Å². The normalized spacial score (nSPS) is 24.1. The van der Waals surface area contributed by atoms with Gasteiger partial charge in [-0.25, -0.2) is 4.98 Å². The molecule has 0 bridgehead atoms. The number of fused-ring (bicyclic) bond motifs is 1. The Morgan fingerprint density at radius 1 is 0.933 bits per heavy atom. The van der Waals surface area contributed by atoms with Crippen LogP contribution in [-0.2, 0) is 16.0 Å². The number of rotatable bonds is 3. The molecule has 0 unspecified atom stereocenters. The lowest BCUT2D eigenvalue weighted by Crippen LogP contribution is -2.53. The number of anilines is 2. The molecule has 1 saturated heterocycles. The van der Waals surface area contributed by atoms with Crippen molar-refractivity contribution in [3.63, 3.8) is 0 Å². The second-order valence-corrected chi connectivity index (χ2v) is 9.37. The van der Waals surface area contributed by atoms with Gasteiger partial charge in [0.1, 0.15) is 0 Å². The third-order valence-electron chi connectivity index (χ3n) is 6.83. The van der Waals surface area contributed by atoms with Gasteiger partial charge in [0.25, 0.3) is 0 Å². The number of carbonyl (C=O) groups excluding carboxylic acids is 2. The number of amides is 2. The molecule has 0 radical (unpaired) electrons. The standard InChI is InChI=1S/C23H28N4O2S/c28-21(25-12-14-26(15-13-25)23-24-10-16-30-23)18-6-2-3-7-19(18)22(29)27-11-9-17-5-1-4-8-20(17)27/h1,4-5,8,10,16,18-19H,2-3,6-7,9,11-15H2/t18-,19-/m0/s1. The smallest absolute Gasteiger partial charge is 0.230 e. The minimum absolute atomic E-state index is 0.152. The van der Waals surface area contributed by atoms with Crippen molar-refractivity contribution in [3.8, 4) is 0 Å². The highest BCUT2D eigenvalue weighted by Crippen LogP contribution is 2.37.